The number of carboxylic acid groups (broad SMARTS) is 1. The molecule has 2 aromatic heterocycles. The Balaban J connectivity index is 0.00000174. The van der Waals surface area contributed by atoms with Crippen LogP contribution in [0, 0.1) is 28.5 Å². The number of phenols is 1. The predicted molar refractivity (Wildman–Crippen MR) is 177 cm³/mol. The van der Waals surface area contributed by atoms with E-state index in [-0.39, 0.29) is 35.3 Å². The zero-order chi connectivity index (χ0) is 35.3. The van der Waals surface area contributed by atoms with E-state index in [9.17, 15) is 24.8 Å². The lowest BCUT2D eigenvalue weighted by molar-refractivity contribution is -0.124. The van der Waals surface area contributed by atoms with Crippen LogP contribution < -0.4 is 20.4 Å². The summed E-state index contributed by atoms with van der Waals surface area (Å²) in [6.45, 7) is 1.65. The van der Waals surface area contributed by atoms with E-state index in [0.717, 1.165) is 24.0 Å². The second-order valence-corrected chi connectivity index (χ2v) is 10.7. The minimum Gasteiger partial charge on any atom is -0.504 e. The molecule has 0 radical (unpaired) electrons. The second kappa shape index (κ2) is 17.0. The number of methoxy groups -OCH3 is 1. The van der Waals surface area contributed by atoms with Crippen molar-refractivity contribution in [2.75, 3.05) is 25.1 Å². The minimum absolute atomic E-state index is 0.105. The number of nitriles is 2. The number of ether oxygens (including phenoxy) is 1. The first-order valence-electron chi connectivity index (χ1n) is 14.9. The van der Waals surface area contributed by atoms with E-state index in [1.807, 2.05) is 29.2 Å². The molecule has 0 unspecified atom stereocenters. The number of anilines is 1. The molecule has 4 aromatic rings. The van der Waals surface area contributed by atoms with Gasteiger partial charge in [0.25, 0.3) is 12.4 Å². The molecule has 0 saturated carbocycles. The Morgan fingerprint density at radius 1 is 1.08 bits per heavy atom. The highest BCUT2D eigenvalue weighted by Gasteiger charge is 2.26. The van der Waals surface area contributed by atoms with E-state index in [2.05, 4.69) is 21.4 Å². The third-order valence-corrected chi connectivity index (χ3v) is 7.80. The van der Waals surface area contributed by atoms with Gasteiger partial charge < -0.3 is 25.2 Å². The van der Waals surface area contributed by atoms with Gasteiger partial charge in [-0.05, 0) is 53.8 Å². The van der Waals surface area contributed by atoms with Gasteiger partial charge in [-0.15, -0.1) is 0 Å². The summed E-state index contributed by atoms with van der Waals surface area (Å²) < 4.78 is 19.9. The fourth-order valence-corrected chi connectivity index (χ4v) is 5.39. The molecule has 0 spiro atoms. The summed E-state index contributed by atoms with van der Waals surface area (Å²) in [4.78, 5) is 30.2. The van der Waals surface area contributed by atoms with Crippen molar-refractivity contribution in [3.8, 4) is 45.9 Å². The number of hydrogen-bond donors (Lipinski definition) is 5. The predicted octanol–water partition coefficient (Wildman–Crippen LogP) is 4.39. The Hall–Kier alpha value is -6.35. The fraction of sp³-hybridized carbons (Fsp3) is 0.200. The monoisotopic (exact) mass is 665 g/mol. The van der Waals surface area contributed by atoms with Crippen LogP contribution in [0.2, 0.25) is 0 Å². The molecule has 1 amide bonds. The average molecular weight is 666 g/mol. The quantitative estimate of drug-likeness (QED) is 0.0731. The van der Waals surface area contributed by atoms with Gasteiger partial charge in [-0.3, -0.25) is 14.8 Å². The first-order valence-corrected chi connectivity index (χ1v) is 14.9. The molecule has 14 heteroatoms. The zero-order valence-corrected chi connectivity index (χ0v) is 26.3. The van der Waals surface area contributed by atoms with Gasteiger partial charge in [0.05, 0.1) is 7.11 Å². The maximum Gasteiger partial charge on any atom is 0.290 e. The number of nitrogens with zero attached hydrogens (tertiary/aromatic N) is 5. The van der Waals surface area contributed by atoms with Gasteiger partial charge in [0.2, 0.25) is 0 Å². The van der Waals surface area contributed by atoms with Crippen LogP contribution in [0.25, 0.3) is 28.3 Å². The summed E-state index contributed by atoms with van der Waals surface area (Å²) in [5.41, 5.74) is 5.06. The van der Waals surface area contributed by atoms with Crippen LogP contribution in [-0.2, 0) is 16.1 Å². The SMILES string of the molecule is COc1ccc(-c2cnc(N3CCC(NCc4ccc(/C=C/C(=O)NO)cc4)CC3)c(C#N)c2-c2cnc(C#N)c(F)c2)cc1O.O=CO. The van der Waals surface area contributed by atoms with Crippen molar-refractivity contribution < 1.29 is 34.1 Å². The number of halogens is 1. The van der Waals surface area contributed by atoms with Gasteiger partial charge >= 0.3 is 0 Å². The number of aromatic nitrogens is 2. The number of carbonyl (C=O) groups excluding carboxylic acids is 1. The Kier molecular flexibility index (Phi) is 12.3. The van der Waals surface area contributed by atoms with Crippen LogP contribution in [-0.4, -0.2) is 64.0 Å². The normalized spacial score (nSPS) is 12.7. The maximum atomic E-state index is 14.8. The number of hydroxylamine groups is 1. The van der Waals surface area contributed by atoms with E-state index < -0.39 is 11.7 Å². The molecule has 5 N–H and O–H groups in total. The van der Waals surface area contributed by atoms with Crippen molar-refractivity contribution in [2.45, 2.75) is 25.4 Å². The summed E-state index contributed by atoms with van der Waals surface area (Å²) in [5.74, 6) is -0.776. The average Bonchev–Trinajstić information content (AvgIpc) is 3.13. The highest BCUT2D eigenvalue weighted by atomic mass is 19.1. The van der Waals surface area contributed by atoms with Crippen LogP contribution in [0.5, 0.6) is 11.5 Å². The lowest BCUT2D eigenvalue weighted by Crippen LogP contribution is -2.42. The number of nitrogens with one attached hydrogen (secondary N) is 2. The second-order valence-electron chi connectivity index (χ2n) is 10.7. The molecule has 1 saturated heterocycles. The molecular weight excluding hydrogens is 633 g/mol. The Bertz CT molecular complexity index is 1910. The van der Waals surface area contributed by atoms with Gasteiger partial charge in [0, 0.05) is 60.8 Å². The molecule has 0 bridgehead atoms. The van der Waals surface area contributed by atoms with Gasteiger partial charge in [-0.25, -0.2) is 19.8 Å². The summed E-state index contributed by atoms with van der Waals surface area (Å²) in [6.07, 6.45) is 7.39. The first-order chi connectivity index (χ1) is 23.8. The molecule has 3 heterocycles. The topological polar surface area (TPSA) is 205 Å². The van der Waals surface area contributed by atoms with Crippen molar-refractivity contribution >= 4 is 24.3 Å². The van der Waals surface area contributed by atoms with Crippen LogP contribution in [0.4, 0.5) is 10.2 Å². The smallest absolute Gasteiger partial charge is 0.290 e. The van der Waals surface area contributed by atoms with Crippen molar-refractivity contribution in [3.05, 3.63) is 95.2 Å². The third-order valence-electron chi connectivity index (χ3n) is 7.80. The molecule has 1 fully saturated rings. The highest BCUT2D eigenvalue weighted by Crippen LogP contribution is 2.41. The number of rotatable bonds is 9. The molecule has 0 atom stereocenters. The molecular formula is C35H32FN7O6. The molecule has 5 rings (SSSR count). The third kappa shape index (κ3) is 8.72. The molecule has 49 heavy (non-hydrogen) atoms. The lowest BCUT2D eigenvalue weighted by atomic mass is 9.92. The highest BCUT2D eigenvalue weighted by molar-refractivity contribution is 5.91. The molecule has 250 valence electrons. The van der Waals surface area contributed by atoms with Crippen LogP contribution in [0.15, 0.2) is 67.0 Å². The summed E-state index contributed by atoms with van der Waals surface area (Å²) in [5, 5.41) is 49.2. The maximum absolute atomic E-state index is 14.8. The summed E-state index contributed by atoms with van der Waals surface area (Å²) in [6, 6.07) is 17.9. The number of benzene rings is 2. The summed E-state index contributed by atoms with van der Waals surface area (Å²) >= 11 is 0. The summed E-state index contributed by atoms with van der Waals surface area (Å²) in [7, 11) is 1.44. The van der Waals surface area contributed by atoms with E-state index in [1.54, 1.807) is 36.0 Å². The molecule has 1 aliphatic rings. The minimum atomic E-state index is -0.808. The number of amides is 1. The van der Waals surface area contributed by atoms with Crippen LogP contribution in [0.3, 0.4) is 0 Å². The standard InChI is InChI=1S/C34H30FN7O4.CH2O2/c1-46-31-8-7-23(15-30(31)43)27-20-40-34(26(16-36)33(27)24-14-28(35)29(17-37)39-19-24)42-12-10-25(11-13-42)38-18-22-4-2-21(3-5-22)6-9-32(44)41-45;2-1-3/h2-9,14-15,19-20,25,38,43,45H,10-13,18H2,1H3,(H,41,44);1H,(H,2,3)/b9-6+;. The first kappa shape index (κ1) is 35.5. The van der Waals surface area contributed by atoms with Crippen molar-refractivity contribution in [1.82, 2.24) is 20.8 Å². The molecule has 13 nitrogen and oxygen atoms in total. The number of pyridine rings is 2. The fourth-order valence-electron chi connectivity index (χ4n) is 5.39. The Morgan fingerprint density at radius 2 is 1.80 bits per heavy atom. The van der Waals surface area contributed by atoms with E-state index >= 15 is 0 Å². The number of piperidine rings is 1. The number of phenolic OH excluding ortho intramolecular Hbond substituents is 1. The van der Waals surface area contributed by atoms with Gasteiger partial charge in [-0.1, -0.05) is 30.3 Å². The van der Waals surface area contributed by atoms with Crippen LogP contribution >= 0.6 is 0 Å². The largest absolute Gasteiger partial charge is 0.504 e. The van der Waals surface area contributed by atoms with Gasteiger partial charge in [0.15, 0.2) is 23.0 Å². The van der Waals surface area contributed by atoms with E-state index in [1.165, 1.54) is 31.5 Å². The van der Waals surface area contributed by atoms with Gasteiger partial charge in [0.1, 0.15) is 23.5 Å². The van der Waals surface area contributed by atoms with Crippen molar-refractivity contribution in [3.63, 3.8) is 0 Å². The zero-order valence-electron chi connectivity index (χ0n) is 26.3. The Morgan fingerprint density at radius 3 is 2.39 bits per heavy atom. The Labute approximate surface area is 281 Å². The number of carbonyl (C=O) groups is 2. The van der Waals surface area contributed by atoms with Crippen molar-refractivity contribution in [2.24, 2.45) is 0 Å². The number of aromatic hydroxyl groups is 1. The van der Waals surface area contributed by atoms with Crippen molar-refractivity contribution in [1.29, 1.82) is 10.5 Å². The molecule has 0 aliphatic carbocycles. The molecule has 2 aromatic carbocycles. The molecule has 1 aliphatic heterocycles. The van der Waals surface area contributed by atoms with E-state index in [0.29, 0.717) is 47.7 Å². The lowest BCUT2D eigenvalue weighted by Gasteiger charge is -2.34. The number of hydrogen-bond acceptors (Lipinski definition) is 11. The van der Waals surface area contributed by atoms with Gasteiger partial charge in [-0.2, -0.15) is 10.5 Å². The van der Waals surface area contributed by atoms with E-state index in [4.69, 9.17) is 19.8 Å². The van der Waals surface area contributed by atoms with Crippen LogP contribution in [0.1, 0.15) is 35.2 Å².